The van der Waals surface area contributed by atoms with E-state index in [4.69, 9.17) is 4.74 Å². The largest absolute Gasteiger partial charge is 0.373 e. The molecule has 0 aliphatic carbocycles. The van der Waals surface area contributed by atoms with E-state index >= 15 is 0 Å². The van der Waals surface area contributed by atoms with Crippen LogP contribution in [0.4, 0.5) is 0 Å². The number of guanidine groups is 1. The summed E-state index contributed by atoms with van der Waals surface area (Å²) in [5.41, 5.74) is 2.45. The fourth-order valence-corrected chi connectivity index (χ4v) is 3.45. The van der Waals surface area contributed by atoms with Crippen LogP contribution in [0, 0.1) is 12.8 Å². The summed E-state index contributed by atoms with van der Waals surface area (Å²) in [5, 5.41) is 6.35. The van der Waals surface area contributed by atoms with Gasteiger partial charge in [-0.1, -0.05) is 29.8 Å². The Morgan fingerprint density at radius 3 is 2.64 bits per heavy atom. The van der Waals surface area contributed by atoms with E-state index in [1.54, 1.807) is 7.05 Å². The number of benzene rings is 1. The van der Waals surface area contributed by atoms with Gasteiger partial charge in [0.2, 0.25) is 0 Å². The van der Waals surface area contributed by atoms with Crippen LogP contribution in [0.5, 0.6) is 0 Å². The van der Waals surface area contributed by atoms with Crippen LogP contribution >= 0.6 is 0 Å². The van der Waals surface area contributed by atoms with Crippen molar-refractivity contribution in [2.24, 2.45) is 10.9 Å². The highest BCUT2D eigenvalue weighted by atomic mass is 32.2. The summed E-state index contributed by atoms with van der Waals surface area (Å²) >= 11 is 0. The van der Waals surface area contributed by atoms with Crippen LogP contribution in [0.15, 0.2) is 29.3 Å². The first-order chi connectivity index (χ1) is 11.9. The van der Waals surface area contributed by atoms with Crippen molar-refractivity contribution in [2.75, 3.05) is 38.8 Å². The van der Waals surface area contributed by atoms with E-state index in [1.165, 1.54) is 17.4 Å². The first kappa shape index (κ1) is 19.7. The normalized spacial score (nSPS) is 21.8. The van der Waals surface area contributed by atoms with Crippen molar-refractivity contribution in [3.05, 3.63) is 35.4 Å². The second-order valence-corrected chi connectivity index (χ2v) is 8.87. The Hall–Kier alpha value is -1.60. The van der Waals surface area contributed by atoms with Crippen molar-refractivity contribution in [3.8, 4) is 0 Å². The zero-order chi connectivity index (χ0) is 18.3. The molecular weight excluding hydrogens is 338 g/mol. The van der Waals surface area contributed by atoms with Crippen LogP contribution in [0.3, 0.4) is 0 Å². The summed E-state index contributed by atoms with van der Waals surface area (Å²) in [6, 6.07) is 8.50. The lowest BCUT2D eigenvalue weighted by Gasteiger charge is -2.32. The van der Waals surface area contributed by atoms with Gasteiger partial charge in [-0.05, 0) is 25.3 Å². The summed E-state index contributed by atoms with van der Waals surface area (Å²) < 4.78 is 28.5. The molecule has 2 unspecified atom stereocenters. The standard InChI is InChI=1S/C18H29N3O3S/c1-14-6-8-15(9-7-14)17-16(5-4-11-24-17)13-21-18(19-2)20-10-12-25(3,22)23/h6-9,16-17H,4-5,10-13H2,1-3H3,(H2,19,20,21). The van der Waals surface area contributed by atoms with Crippen LogP contribution < -0.4 is 10.6 Å². The number of nitrogens with one attached hydrogen (secondary N) is 2. The van der Waals surface area contributed by atoms with Gasteiger partial charge < -0.3 is 15.4 Å². The second-order valence-electron chi connectivity index (χ2n) is 6.61. The monoisotopic (exact) mass is 367 g/mol. The van der Waals surface area contributed by atoms with E-state index in [-0.39, 0.29) is 11.9 Å². The first-order valence-corrected chi connectivity index (χ1v) is 10.8. The molecule has 1 aliphatic heterocycles. The van der Waals surface area contributed by atoms with E-state index in [2.05, 4.69) is 46.8 Å². The lowest BCUT2D eigenvalue weighted by molar-refractivity contribution is -0.0265. The van der Waals surface area contributed by atoms with Crippen molar-refractivity contribution >= 4 is 15.8 Å². The highest BCUT2D eigenvalue weighted by Gasteiger charge is 2.27. The smallest absolute Gasteiger partial charge is 0.191 e. The average molecular weight is 368 g/mol. The molecule has 0 radical (unpaired) electrons. The number of rotatable bonds is 6. The Bertz CT molecular complexity index is 671. The lowest BCUT2D eigenvalue weighted by Crippen LogP contribution is -2.43. The van der Waals surface area contributed by atoms with Gasteiger partial charge in [0.25, 0.3) is 0 Å². The molecule has 6 nitrogen and oxygen atoms in total. The minimum atomic E-state index is -2.98. The minimum Gasteiger partial charge on any atom is -0.373 e. The summed E-state index contributed by atoms with van der Waals surface area (Å²) in [6.07, 6.45) is 3.45. The Morgan fingerprint density at radius 2 is 2.00 bits per heavy atom. The third-order valence-corrected chi connectivity index (χ3v) is 5.32. The maximum Gasteiger partial charge on any atom is 0.191 e. The van der Waals surface area contributed by atoms with Crippen molar-refractivity contribution < 1.29 is 13.2 Å². The van der Waals surface area contributed by atoms with Crippen molar-refractivity contribution in [1.82, 2.24) is 10.6 Å². The predicted octanol–water partition coefficient (Wildman–Crippen LogP) is 1.67. The Labute approximate surface area is 151 Å². The number of hydrogen-bond acceptors (Lipinski definition) is 4. The molecule has 2 N–H and O–H groups in total. The van der Waals surface area contributed by atoms with Gasteiger partial charge >= 0.3 is 0 Å². The van der Waals surface area contributed by atoms with Crippen LogP contribution in [0.1, 0.15) is 30.1 Å². The molecule has 2 atom stereocenters. The Morgan fingerprint density at radius 1 is 1.28 bits per heavy atom. The van der Waals surface area contributed by atoms with Gasteiger partial charge in [-0.3, -0.25) is 4.99 Å². The van der Waals surface area contributed by atoms with Gasteiger partial charge in [0, 0.05) is 38.9 Å². The van der Waals surface area contributed by atoms with Crippen LogP contribution in [0.2, 0.25) is 0 Å². The Kier molecular flexibility index (Phi) is 7.25. The maximum atomic E-state index is 11.2. The SMILES string of the molecule is CN=C(NCCS(C)(=O)=O)NCC1CCCOC1c1ccc(C)cc1. The number of hydrogen-bond donors (Lipinski definition) is 2. The molecule has 2 rings (SSSR count). The quantitative estimate of drug-likeness (QED) is 0.591. The van der Waals surface area contributed by atoms with E-state index in [0.29, 0.717) is 18.4 Å². The highest BCUT2D eigenvalue weighted by molar-refractivity contribution is 7.90. The topological polar surface area (TPSA) is 79.8 Å². The van der Waals surface area contributed by atoms with Crippen molar-refractivity contribution in [3.63, 3.8) is 0 Å². The van der Waals surface area contributed by atoms with E-state index in [1.807, 2.05) is 0 Å². The van der Waals surface area contributed by atoms with Crippen LogP contribution in [-0.4, -0.2) is 53.1 Å². The highest BCUT2D eigenvalue weighted by Crippen LogP contribution is 2.33. The van der Waals surface area contributed by atoms with Gasteiger partial charge in [0.1, 0.15) is 9.84 Å². The summed E-state index contributed by atoms with van der Waals surface area (Å²) in [4.78, 5) is 4.16. The zero-order valence-corrected chi connectivity index (χ0v) is 16.1. The lowest BCUT2D eigenvalue weighted by atomic mass is 9.89. The van der Waals surface area contributed by atoms with Crippen molar-refractivity contribution in [1.29, 1.82) is 0 Å². The molecule has 0 spiro atoms. The van der Waals surface area contributed by atoms with Gasteiger partial charge in [-0.15, -0.1) is 0 Å². The van der Waals surface area contributed by atoms with Gasteiger partial charge in [0.15, 0.2) is 5.96 Å². The van der Waals surface area contributed by atoms with Gasteiger partial charge in [-0.25, -0.2) is 8.42 Å². The summed E-state index contributed by atoms with van der Waals surface area (Å²) in [7, 11) is -1.29. The molecule has 0 bridgehead atoms. The van der Waals surface area contributed by atoms with Crippen molar-refractivity contribution in [2.45, 2.75) is 25.9 Å². The van der Waals surface area contributed by atoms with Crippen LogP contribution in [0.25, 0.3) is 0 Å². The van der Waals surface area contributed by atoms with E-state index < -0.39 is 9.84 Å². The number of ether oxygens (including phenoxy) is 1. The molecule has 25 heavy (non-hydrogen) atoms. The molecule has 1 aliphatic rings. The number of sulfone groups is 1. The van der Waals surface area contributed by atoms with Crippen LogP contribution in [-0.2, 0) is 14.6 Å². The molecule has 1 fully saturated rings. The van der Waals surface area contributed by atoms with E-state index in [9.17, 15) is 8.42 Å². The third kappa shape index (κ3) is 6.66. The summed E-state index contributed by atoms with van der Waals surface area (Å²) in [5.74, 6) is 1.06. The predicted molar refractivity (Wildman–Crippen MR) is 102 cm³/mol. The molecule has 1 heterocycles. The fourth-order valence-electron chi connectivity index (χ4n) is 2.98. The maximum absolute atomic E-state index is 11.2. The Balaban J connectivity index is 1.91. The fraction of sp³-hybridized carbons (Fsp3) is 0.611. The summed E-state index contributed by atoms with van der Waals surface area (Å²) in [6.45, 7) is 3.95. The zero-order valence-electron chi connectivity index (χ0n) is 15.3. The molecule has 0 amide bonds. The van der Waals surface area contributed by atoms with Gasteiger partial charge in [-0.2, -0.15) is 0 Å². The number of aryl methyl sites for hydroxylation is 1. The molecule has 1 aromatic carbocycles. The molecule has 7 heteroatoms. The van der Waals surface area contributed by atoms with Gasteiger partial charge in [0.05, 0.1) is 11.9 Å². The van der Waals surface area contributed by atoms with E-state index in [0.717, 1.165) is 26.0 Å². The minimum absolute atomic E-state index is 0.0796. The molecule has 0 aromatic heterocycles. The number of aliphatic imine (C=N–C) groups is 1. The molecule has 0 saturated carbocycles. The number of nitrogens with zero attached hydrogens (tertiary/aromatic N) is 1. The average Bonchev–Trinajstić information content (AvgIpc) is 2.58. The molecular formula is C18H29N3O3S. The third-order valence-electron chi connectivity index (χ3n) is 4.37. The first-order valence-electron chi connectivity index (χ1n) is 8.69. The second kappa shape index (κ2) is 9.20. The molecule has 1 aromatic rings. The molecule has 1 saturated heterocycles. The molecule has 140 valence electrons.